The van der Waals surface area contributed by atoms with E-state index in [1.807, 2.05) is 12.1 Å². The summed E-state index contributed by atoms with van der Waals surface area (Å²) in [4.78, 5) is 22.8. The largest absolute Gasteiger partial charge is 0.450 e. The molecule has 1 heterocycles. The summed E-state index contributed by atoms with van der Waals surface area (Å²) in [5.41, 5.74) is 2.56. The third kappa shape index (κ3) is 4.42. The predicted molar refractivity (Wildman–Crippen MR) is 84.4 cm³/mol. The van der Waals surface area contributed by atoms with Gasteiger partial charge in [-0.15, -0.1) is 0 Å². The Morgan fingerprint density at radius 3 is 3.00 bits per heavy atom. The second-order valence-corrected chi connectivity index (χ2v) is 4.98. The Morgan fingerprint density at radius 1 is 1.43 bits per heavy atom. The predicted octanol–water partition coefficient (Wildman–Crippen LogP) is 2.40. The molecule has 0 unspecified atom stereocenters. The molecular weight excluding hydrogens is 290 g/mol. The lowest BCUT2D eigenvalue weighted by molar-refractivity contribution is -0.116. The Morgan fingerprint density at radius 2 is 2.24 bits per heavy atom. The summed E-state index contributed by atoms with van der Waals surface area (Å²) in [7, 11) is 0. The zero-order valence-electron chi connectivity index (χ0n) is 11.7. The van der Waals surface area contributed by atoms with E-state index in [4.69, 9.17) is 17.0 Å². The van der Waals surface area contributed by atoms with Crippen molar-refractivity contribution in [1.29, 1.82) is 0 Å². The van der Waals surface area contributed by atoms with E-state index in [-0.39, 0.29) is 17.6 Å². The molecule has 2 rings (SSSR count). The average molecular weight is 307 g/mol. The fourth-order valence-electron chi connectivity index (χ4n) is 2.06. The van der Waals surface area contributed by atoms with E-state index >= 15 is 0 Å². The summed E-state index contributed by atoms with van der Waals surface area (Å²) in [6, 6.07) is 5.60. The van der Waals surface area contributed by atoms with Gasteiger partial charge < -0.3 is 15.4 Å². The van der Waals surface area contributed by atoms with Crippen LogP contribution in [0.5, 0.6) is 0 Å². The average Bonchev–Trinajstić information content (AvgIpc) is 2.58. The summed E-state index contributed by atoms with van der Waals surface area (Å²) >= 11 is 5.02. The van der Waals surface area contributed by atoms with Crippen LogP contribution in [0.4, 0.5) is 16.2 Å². The molecule has 6 nitrogen and oxygen atoms in total. The highest BCUT2D eigenvalue weighted by Crippen LogP contribution is 2.25. The smallest absolute Gasteiger partial charge is 0.413 e. The minimum absolute atomic E-state index is 0.0122. The van der Waals surface area contributed by atoms with E-state index in [9.17, 15) is 9.59 Å². The normalized spacial score (nSPS) is 13.5. The highest BCUT2D eigenvalue weighted by molar-refractivity contribution is 7.80. The molecule has 2 amide bonds. The molecule has 1 aliphatic rings. The first-order chi connectivity index (χ1) is 10.1. The molecule has 21 heavy (non-hydrogen) atoms. The Hall–Kier alpha value is -2.15. The molecule has 0 atom stereocenters. The number of thiocarbonyl (C=S) groups is 1. The molecule has 3 N–H and O–H groups in total. The van der Waals surface area contributed by atoms with E-state index in [2.05, 4.69) is 16.0 Å². The number of nitrogens with one attached hydrogen (secondary N) is 3. The van der Waals surface area contributed by atoms with Crippen LogP contribution in [0.3, 0.4) is 0 Å². The minimum Gasteiger partial charge on any atom is -0.450 e. The second kappa shape index (κ2) is 7.03. The first-order valence-electron chi connectivity index (χ1n) is 6.76. The Kier molecular flexibility index (Phi) is 5.10. The van der Waals surface area contributed by atoms with Crippen LogP contribution in [0.1, 0.15) is 25.3 Å². The van der Waals surface area contributed by atoms with Crippen molar-refractivity contribution in [2.45, 2.75) is 26.2 Å². The van der Waals surface area contributed by atoms with Crippen molar-refractivity contribution < 1.29 is 14.3 Å². The number of carbonyl (C=O) groups is 2. The zero-order chi connectivity index (χ0) is 15.2. The van der Waals surface area contributed by atoms with Gasteiger partial charge in [-0.3, -0.25) is 10.1 Å². The van der Waals surface area contributed by atoms with Crippen molar-refractivity contribution >= 4 is 40.7 Å². The number of anilines is 2. The Bertz CT molecular complexity index is 575. The molecule has 112 valence electrons. The first-order valence-corrected chi connectivity index (χ1v) is 7.17. The molecule has 0 saturated heterocycles. The lowest BCUT2D eigenvalue weighted by Crippen LogP contribution is -2.34. The van der Waals surface area contributed by atoms with Gasteiger partial charge in [0.1, 0.15) is 0 Å². The number of rotatable bonds is 2. The minimum atomic E-state index is -0.599. The maximum atomic E-state index is 11.6. The molecule has 1 aromatic carbocycles. The fourth-order valence-corrected chi connectivity index (χ4v) is 2.26. The number of alkyl carbamates (subject to hydrolysis) is 1. The SMILES string of the molecule is CCOC(=O)NC(=S)Nc1ccc2c(c1)NC(=O)CCC2. The molecule has 0 aliphatic carbocycles. The van der Waals surface area contributed by atoms with Crippen molar-refractivity contribution in [2.75, 3.05) is 17.2 Å². The maximum absolute atomic E-state index is 11.6. The van der Waals surface area contributed by atoms with E-state index in [1.165, 1.54) is 0 Å². The topological polar surface area (TPSA) is 79.5 Å². The van der Waals surface area contributed by atoms with Crippen LogP contribution in [-0.4, -0.2) is 23.7 Å². The van der Waals surface area contributed by atoms with Crippen molar-refractivity contribution in [3.8, 4) is 0 Å². The summed E-state index contributed by atoms with van der Waals surface area (Å²) in [5, 5.41) is 8.30. The van der Waals surface area contributed by atoms with Gasteiger partial charge in [-0.1, -0.05) is 6.07 Å². The van der Waals surface area contributed by atoms with Gasteiger partial charge in [-0.05, 0) is 49.7 Å². The number of ether oxygens (including phenoxy) is 1. The number of benzene rings is 1. The molecule has 1 aliphatic heterocycles. The summed E-state index contributed by atoms with van der Waals surface area (Å²) in [5.74, 6) is 0.0122. The molecule has 0 saturated carbocycles. The summed E-state index contributed by atoms with van der Waals surface area (Å²) < 4.78 is 4.74. The lowest BCUT2D eigenvalue weighted by atomic mass is 10.1. The lowest BCUT2D eigenvalue weighted by Gasteiger charge is -2.12. The van der Waals surface area contributed by atoms with Crippen molar-refractivity contribution in [3.63, 3.8) is 0 Å². The number of hydrogen-bond acceptors (Lipinski definition) is 4. The van der Waals surface area contributed by atoms with Gasteiger partial charge in [-0.2, -0.15) is 0 Å². The third-order valence-corrected chi connectivity index (χ3v) is 3.19. The number of fused-ring (bicyclic) bond motifs is 1. The van der Waals surface area contributed by atoms with Crippen LogP contribution >= 0.6 is 12.2 Å². The number of amides is 2. The van der Waals surface area contributed by atoms with E-state index in [0.717, 1.165) is 24.1 Å². The van der Waals surface area contributed by atoms with Gasteiger partial charge in [0.15, 0.2) is 5.11 Å². The van der Waals surface area contributed by atoms with Crippen molar-refractivity contribution in [1.82, 2.24) is 5.32 Å². The van der Waals surface area contributed by atoms with Crippen LogP contribution in [0, 0.1) is 0 Å². The van der Waals surface area contributed by atoms with Gasteiger partial charge in [0.2, 0.25) is 5.91 Å². The van der Waals surface area contributed by atoms with E-state index in [1.54, 1.807) is 13.0 Å². The highest BCUT2D eigenvalue weighted by atomic mass is 32.1. The number of aryl methyl sites for hydroxylation is 1. The molecular formula is C14H17N3O3S. The molecule has 0 spiro atoms. The monoisotopic (exact) mass is 307 g/mol. The van der Waals surface area contributed by atoms with Crippen molar-refractivity contribution in [3.05, 3.63) is 23.8 Å². The molecule has 0 aromatic heterocycles. The molecule has 0 bridgehead atoms. The highest BCUT2D eigenvalue weighted by Gasteiger charge is 2.13. The quantitative estimate of drug-likeness (QED) is 0.731. The van der Waals surface area contributed by atoms with E-state index in [0.29, 0.717) is 12.1 Å². The van der Waals surface area contributed by atoms with Gasteiger partial charge in [0.25, 0.3) is 0 Å². The van der Waals surface area contributed by atoms with Crippen LogP contribution in [0.25, 0.3) is 0 Å². The molecule has 7 heteroatoms. The van der Waals surface area contributed by atoms with Crippen LogP contribution < -0.4 is 16.0 Å². The van der Waals surface area contributed by atoms with Gasteiger partial charge >= 0.3 is 6.09 Å². The zero-order valence-corrected chi connectivity index (χ0v) is 12.5. The fraction of sp³-hybridized carbons (Fsp3) is 0.357. The van der Waals surface area contributed by atoms with Crippen LogP contribution in [-0.2, 0) is 16.0 Å². The van der Waals surface area contributed by atoms with Gasteiger partial charge in [0.05, 0.1) is 6.61 Å². The Labute approximate surface area is 128 Å². The molecule has 0 radical (unpaired) electrons. The second-order valence-electron chi connectivity index (χ2n) is 4.57. The van der Waals surface area contributed by atoms with Gasteiger partial charge in [0, 0.05) is 17.8 Å². The van der Waals surface area contributed by atoms with Gasteiger partial charge in [-0.25, -0.2) is 4.79 Å². The van der Waals surface area contributed by atoms with E-state index < -0.39 is 6.09 Å². The summed E-state index contributed by atoms with van der Waals surface area (Å²) in [6.07, 6.45) is 1.63. The maximum Gasteiger partial charge on any atom is 0.413 e. The van der Waals surface area contributed by atoms with Crippen LogP contribution in [0.2, 0.25) is 0 Å². The number of hydrogen-bond donors (Lipinski definition) is 3. The summed E-state index contributed by atoms with van der Waals surface area (Å²) in [6.45, 7) is 1.99. The first kappa shape index (κ1) is 15.2. The molecule has 0 fully saturated rings. The third-order valence-electron chi connectivity index (χ3n) is 2.98. The standard InChI is InChI=1S/C14H17N3O3S/c1-2-20-14(19)17-13(21)15-10-7-6-9-4-3-5-12(18)16-11(9)8-10/h6-8H,2-5H2,1H3,(H,16,18)(H2,15,17,19,21). The Balaban J connectivity index is 2.03. The van der Waals surface area contributed by atoms with Crippen LogP contribution in [0.15, 0.2) is 18.2 Å². The number of carbonyl (C=O) groups excluding carboxylic acids is 2. The molecule has 1 aromatic rings. The van der Waals surface area contributed by atoms with Crippen molar-refractivity contribution in [2.24, 2.45) is 0 Å².